The maximum Gasteiger partial charge on any atom is 0.252 e. The number of nitrogens with two attached hydrogens (primary N) is 1. The quantitative estimate of drug-likeness (QED) is 0.652. The Hall–Kier alpha value is -2.95. The van der Waals surface area contributed by atoms with Gasteiger partial charge in [-0.2, -0.15) is 0 Å². The zero-order valence-electron chi connectivity index (χ0n) is 15.3. The van der Waals surface area contributed by atoms with Crippen LogP contribution in [0.3, 0.4) is 0 Å². The van der Waals surface area contributed by atoms with Crippen molar-refractivity contribution in [2.24, 2.45) is 15.7 Å². The van der Waals surface area contributed by atoms with Crippen LogP contribution in [-0.2, 0) is 24.9 Å². The molecule has 1 aromatic carbocycles. The van der Waals surface area contributed by atoms with E-state index >= 15 is 0 Å². The summed E-state index contributed by atoms with van der Waals surface area (Å²) in [5.41, 5.74) is 4.59. The number of halogens is 1. The van der Waals surface area contributed by atoms with Crippen LogP contribution in [0.15, 0.2) is 40.3 Å². The second-order valence-electron chi connectivity index (χ2n) is 6.70. The van der Waals surface area contributed by atoms with Gasteiger partial charge in [-0.1, -0.05) is 0 Å². The van der Waals surface area contributed by atoms with Crippen molar-refractivity contribution in [1.29, 1.82) is 0 Å². The fraction of sp³-hybridized carbons (Fsp3) is 0.353. The highest BCUT2D eigenvalue weighted by Gasteiger charge is 2.39. The number of anilines is 1. The molecule has 0 aromatic heterocycles. The summed E-state index contributed by atoms with van der Waals surface area (Å²) in [5, 5.41) is 5.46. The van der Waals surface area contributed by atoms with Crippen molar-refractivity contribution in [3.05, 3.63) is 41.7 Å². The Labute approximate surface area is 161 Å². The number of amides is 1. The number of rotatable bonds is 4. The van der Waals surface area contributed by atoms with Gasteiger partial charge in [-0.15, -0.1) is 0 Å². The highest BCUT2D eigenvalue weighted by atomic mass is 32.2. The van der Waals surface area contributed by atoms with E-state index in [1.807, 2.05) is 0 Å². The SMILES string of the molecule is COC1=CNC(C(=O)Nc2ccc(F)c([C@]3(C)CS(=O)(=O)CC(N)=N3)c2)C=N1. The van der Waals surface area contributed by atoms with Gasteiger partial charge in [0.25, 0.3) is 5.91 Å². The van der Waals surface area contributed by atoms with Crippen LogP contribution < -0.4 is 16.4 Å². The molecule has 4 N–H and O–H groups in total. The number of ether oxygens (including phenoxy) is 1. The van der Waals surface area contributed by atoms with Crippen LogP contribution >= 0.6 is 0 Å². The van der Waals surface area contributed by atoms with Gasteiger partial charge >= 0.3 is 0 Å². The number of benzene rings is 1. The van der Waals surface area contributed by atoms with E-state index in [1.54, 1.807) is 0 Å². The summed E-state index contributed by atoms with van der Waals surface area (Å²) in [6.45, 7) is 1.49. The molecule has 0 aliphatic carbocycles. The Balaban J connectivity index is 1.85. The molecule has 2 aliphatic rings. The third kappa shape index (κ3) is 4.14. The normalized spacial score (nSPS) is 25.9. The van der Waals surface area contributed by atoms with Crippen LogP contribution in [0.25, 0.3) is 0 Å². The summed E-state index contributed by atoms with van der Waals surface area (Å²) < 4.78 is 43.6. The molecule has 3 rings (SSSR count). The molecule has 0 bridgehead atoms. The number of sulfone groups is 1. The van der Waals surface area contributed by atoms with Gasteiger partial charge in [-0.25, -0.2) is 17.8 Å². The molecule has 0 saturated heterocycles. The molecule has 150 valence electrons. The monoisotopic (exact) mass is 409 g/mol. The van der Waals surface area contributed by atoms with Gasteiger partial charge in [0.05, 0.1) is 19.1 Å². The number of nitrogens with zero attached hydrogens (tertiary/aromatic N) is 2. The lowest BCUT2D eigenvalue weighted by Crippen LogP contribution is -2.42. The first-order valence-electron chi connectivity index (χ1n) is 8.32. The van der Waals surface area contributed by atoms with Crippen LogP contribution in [0.5, 0.6) is 0 Å². The Morgan fingerprint density at radius 2 is 2.21 bits per heavy atom. The first-order chi connectivity index (χ1) is 13.1. The highest BCUT2D eigenvalue weighted by Crippen LogP contribution is 2.33. The van der Waals surface area contributed by atoms with E-state index < -0.39 is 33.1 Å². The summed E-state index contributed by atoms with van der Waals surface area (Å²) >= 11 is 0. The number of nitrogens with one attached hydrogen (secondary N) is 2. The topological polar surface area (TPSA) is 135 Å². The van der Waals surface area contributed by atoms with Gasteiger partial charge in [0.1, 0.15) is 29.0 Å². The summed E-state index contributed by atoms with van der Waals surface area (Å²) in [6, 6.07) is 3.14. The van der Waals surface area contributed by atoms with Crippen LogP contribution in [0, 0.1) is 5.82 Å². The fourth-order valence-electron chi connectivity index (χ4n) is 3.10. The van der Waals surface area contributed by atoms with E-state index in [9.17, 15) is 17.6 Å². The maximum atomic E-state index is 14.5. The summed E-state index contributed by atoms with van der Waals surface area (Å²) in [6.07, 6.45) is 2.82. The second kappa shape index (κ2) is 7.23. The first kappa shape index (κ1) is 19.8. The average molecular weight is 409 g/mol. The van der Waals surface area contributed by atoms with Crippen LogP contribution in [0.2, 0.25) is 0 Å². The molecule has 1 amide bonds. The maximum absolute atomic E-state index is 14.5. The molecule has 0 saturated carbocycles. The standard InChI is InChI=1S/C17H20FN5O4S/c1-17(9-28(25,26)8-14(19)23-17)11-5-10(3-4-12(11)18)22-16(24)13-6-21-15(27-2)7-20-13/h3-7,13,20H,8-9H2,1-2H3,(H2,19,23)(H,22,24)/t13?,17-/m0/s1. The minimum absolute atomic E-state index is 0.0309. The van der Waals surface area contributed by atoms with Gasteiger partial charge < -0.3 is 21.1 Å². The summed E-state index contributed by atoms with van der Waals surface area (Å²) in [5.74, 6) is -1.56. The van der Waals surface area contributed by atoms with E-state index in [4.69, 9.17) is 10.5 Å². The molecule has 28 heavy (non-hydrogen) atoms. The van der Waals surface area contributed by atoms with Crippen molar-refractivity contribution in [3.63, 3.8) is 0 Å². The predicted molar refractivity (Wildman–Crippen MR) is 103 cm³/mol. The van der Waals surface area contributed by atoms with E-state index in [0.29, 0.717) is 5.88 Å². The van der Waals surface area contributed by atoms with Crippen LogP contribution in [0.1, 0.15) is 12.5 Å². The van der Waals surface area contributed by atoms with Gasteiger partial charge in [-0.05, 0) is 25.1 Å². The summed E-state index contributed by atoms with van der Waals surface area (Å²) in [7, 11) is -2.07. The van der Waals surface area contributed by atoms with Crippen molar-refractivity contribution >= 4 is 33.5 Å². The van der Waals surface area contributed by atoms with Crippen LogP contribution in [-0.4, -0.2) is 51.0 Å². The molecule has 9 nitrogen and oxygen atoms in total. The Kier molecular flexibility index (Phi) is 5.11. The van der Waals surface area contributed by atoms with Gasteiger partial charge in [0, 0.05) is 17.5 Å². The summed E-state index contributed by atoms with van der Waals surface area (Å²) in [4.78, 5) is 20.5. The van der Waals surface area contributed by atoms with Crippen LogP contribution in [0.4, 0.5) is 10.1 Å². The number of hydrogen-bond donors (Lipinski definition) is 3. The number of carbonyl (C=O) groups is 1. The van der Waals surface area contributed by atoms with Crippen molar-refractivity contribution in [2.45, 2.75) is 18.5 Å². The zero-order valence-corrected chi connectivity index (χ0v) is 16.1. The average Bonchev–Trinajstić information content (AvgIpc) is 2.61. The molecule has 0 fully saturated rings. The third-order valence-corrected chi connectivity index (χ3v) is 6.04. The molecular formula is C17H20FN5O4S. The number of carbonyl (C=O) groups excluding carboxylic acids is 1. The predicted octanol–water partition coefficient (Wildman–Crippen LogP) is 0.253. The van der Waals surface area contributed by atoms with Crippen molar-refractivity contribution < 1.29 is 22.3 Å². The molecule has 11 heteroatoms. The highest BCUT2D eigenvalue weighted by molar-refractivity contribution is 7.92. The Morgan fingerprint density at radius 1 is 1.46 bits per heavy atom. The van der Waals surface area contributed by atoms with Gasteiger partial charge in [0.2, 0.25) is 5.88 Å². The molecule has 2 aliphatic heterocycles. The van der Waals surface area contributed by atoms with E-state index in [2.05, 4.69) is 20.6 Å². The fourth-order valence-corrected chi connectivity index (χ4v) is 4.80. The minimum atomic E-state index is -3.52. The van der Waals surface area contributed by atoms with Crippen molar-refractivity contribution in [3.8, 4) is 0 Å². The molecule has 1 unspecified atom stereocenters. The molecule has 0 radical (unpaired) electrons. The molecule has 2 atom stereocenters. The number of hydrogen-bond acceptors (Lipinski definition) is 8. The van der Waals surface area contributed by atoms with Crippen molar-refractivity contribution in [1.82, 2.24) is 5.32 Å². The largest absolute Gasteiger partial charge is 0.480 e. The van der Waals surface area contributed by atoms with Gasteiger partial charge in [0.15, 0.2) is 9.84 Å². The minimum Gasteiger partial charge on any atom is -0.480 e. The molecular weight excluding hydrogens is 389 g/mol. The Morgan fingerprint density at radius 3 is 2.82 bits per heavy atom. The van der Waals surface area contributed by atoms with Gasteiger partial charge in [-0.3, -0.25) is 9.79 Å². The molecule has 2 heterocycles. The number of amidine groups is 1. The lowest BCUT2D eigenvalue weighted by Gasteiger charge is -2.30. The first-order valence-corrected chi connectivity index (χ1v) is 10.1. The molecule has 1 aromatic rings. The smallest absolute Gasteiger partial charge is 0.252 e. The van der Waals surface area contributed by atoms with Crippen molar-refractivity contribution in [2.75, 3.05) is 23.9 Å². The third-order valence-electron chi connectivity index (χ3n) is 4.30. The van der Waals surface area contributed by atoms with E-state index in [-0.39, 0.29) is 28.6 Å². The molecule has 0 spiro atoms. The van der Waals surface area contributed by atoms with E-state index in [0.717, 1.165) is 6.07 Å². The number of methoxy groups -OCH3 is 1. The lowest BCUT2D eigenvalue weighted by atomic mass is 9.93. The number of aliphatic imine (C=N–C) groups is 2. The second-order valence-corrected chi connectivity index (χ2v) is 8.77. The Bertz CT molecular complexity index is 1000. The lowest BCUT2D eigenvalue weighted by molar-refractivity contribution is -0.116. The zero-order chi connectivity index (χ0) is 20.5. The van der Waals surface area contributed by atoms with E-state index in [1.165, 1.54) is 38.6 Å².